The number of Topliss-reactive ketones (excluding diaryl/α,β-unsaturated/α-hetero) is 1. The zero-order valence-corrected chi connectivity index (χ0v) is 32.2. The Hall–Kier alpha value is -2.97. The first kappa shape index (κ1) is 46.4. The van der Waals surface area contributed by atoms with Gasteiger partial charge in [0.15, 0.2) is 23.5 Å². The highest BCUT2D eigenvalue weighted by atomic mass is 32.2. The lowest BCUT2D eigenvalue weighted by atomic mass is 9.87. The summed E-state index contributed by atoms with van der Waals surface area (Å²) in [6.45, 7) is -0.0904. The number of aromatic nitrogens is 4. The highest BCUT2D eigenvalue weighted by molar-refractivity contribution is 7.99. The maximum absolute atomic E-state index is 12.5. The van der Waals surface area contributed by atoms with Crippen LogP contribution >= 0.6 is 35.2 Å². The minimum absolute atomic E-state index is 0.0315. The topological polar surface area (TPSA) is 412 Å². The van der Waals surface area contributed by atoms with Crippen LogP contribution in [0.4, 0.5) is 5.82 Å². The van der Waals surface area contributed by atoms with E-state index >= 15 is 0 Å². The molecule has 2 amide bonds. The van der Waals surface area contributed by atoms with Gasteiger partial charge in [-0.25, -0.2) is 19.3 Å². The minimum Gasteiger partial charge on any atom is -0.790 e. The van der Waals surface area contributed by atoms with Gasteiger partial charge in [0.05, 0.1) is 33.1 Å². The molecule has 0 radical (unpaired) electrons. The van der Waals surface area contributed by atoms with Crippen molar-refractivity contribution < 1.29 is 90.4 Å². The number of imidazole rings is 1. The molecule has 1 saturated heterocycles. The summed E-state index contributed by atoms with van der Waals surface area (Å²) >= 11 is 1.11. The van der Waals surface area contributed by atoms with Crippen molar-refractivity contribution >= 4 is 75.8 Å². The zero-order valence-electron chi connectivity index (χ0n) is 28.7. The van der Waals surface area contributed by atoms with Crippen LogP contribution in [0.5, 0.6) is 0 Å². The lowest BCUT2D eigenvalue weighted by molar-refractivity contribution is -0.347. The van der Waals surface area contributed by atoms with Crippen molar-refractivity contribution in [2.75, 3.05) is 43.5 Å². The Balaban J connectivity index is 1.49. The van der Waals surface area contributed by atoms with Gasteiger partial charge < -0.3 is 74.1 Å². The van der Waals surface area contributed by atoms with E-state index in [4.69, 9.17) is 15.6 Å². The number of aliphatic carboxylic acids is 1. The minimum atomic E-state index is -5.93. The summed E-state index contributed by atoms with van der Waals surface area (Å²) in [5.41, 5.74) is 4.01. The van der Waals surface area contributed by atoms with E-state index in [9.17, 15) is 62.7 Å². The quantitative estimate of drug-likeness (QED) is 0.0349. The number of phosphoric acid groups is 3. The van der Waals surface area contributed by atoms with Gasteiger partial charge in [-0.3, -0.25) is 32.9 Å². The van der Waals surface area contributed by atoms with E-state index in [-0.39, 0.29) is 42.2 Å². The molecule has 7 N–H and O–H groups in total. The number of thioether (sulfide) groups is 1. The number of rotatable bonds is 23. The van der Waals surface area contributed by atoms with E-state index in [2.05, 4.69) is 43.5 Å². The number of hydrogen-bond acceptors (Lipinski definition) is 23. The molecule has 7 unspecified atom stereocenters. The molecule has 0 aliphatic carbocycles. The number of carbonyl (C=O) groups is 4. The Bertz CT molecular complexity index is 1850. The first-order valence-corrected chi connectivity index (χ1v) is 21.1. The molecule has 7 atom stereocenters. The van der Waals surface area contributed by atoms with Crippen LogP contribution in [-0.2, 0) is 55.5 Å². The number of amides is 2. The van der Waals surface area contributed by atoms with E-state index in [1.165, 1.54) is 13.8 Å². The number of aliphatic hydroxyl groups excluding tert-OH is 2. The van der Waals surface area contributed by atoms with E-state index in [0.717, 1.165) is 29.0 Å². The number of nitrogens with one attached hydrogen (secondary N) is 2. The third kappa shape index (κ3) is 14.5. The number of nitrogens with zero attached hydrogens (tertiary/aromatic N) is 4. The molecule has 0 spiro atoms. The average molecular weight is 864 g/mol. The first-order valence-electron chi connectivity index (χ1n) is 15.5. The van der Waals surface area contributed by atoms with Crippen molar-refractivity contribution in [2.45, 2.75) is 57.3 Å². The second-order valence-electron chi connectivity index (χ2n) is 12.1. The van der Waals surface area contributed by atoms with E-state index < -0.39 is 103 Å². The van der Waals surface area contributed by atoms with Gasteiger partial charge in [0, 0.05) is 30.7 Å². The maximum Gasteiger partial charge on any atom is 0.310 e. The molecule has 1 aliphatic rings. The molecule has 26 nitrogen and oxygen atoms in total. The standard InChI is InChI=1S/C25H40N7O19P3S/c1-25(2,20(38)23(39)28-4-3-15(34)27-5-6-55-9-13(33)7-16(35)36)10-48-54(45,46)51-53(43,44)47-8-14-19(50-52(40,41)42)18(37)24(49-14)32-12-31-17-21(26)29-11-30-22(17)32/h11-12,14,18-20,24,37-38H,3-10H2,1-2H3,(H,27,34)(H,28,39)(H,35,36)(H,43,44)(H,45,46)(H2,26,29,30)(H2,40,41,42)/p-4. The third-order valence-electron chi connectivity index (χ3n) is 7.23. The monoisotopic (exact) mass is 863 g/mol. The molecular formula is C25H36N7O19P3S-4. The molecule has 55 heavy (non-hydrogen) atoms. The molecule has 30 heteroatoms. The molecule has 3 rings (SSSR count). The molecule has 0 aromatic carbocycles. The Labute approximate surface area is 314 Å². The van der Waals surface area contributed by atoms with Crippen molar-refractivity contribution in [2.24, 2.45) is 5.41 Å². The number of ether oxygens (including phenoxy) is 1. The van der Waals surface area contributed by atoms with E-state index in [1.54, 1.807) is 0 Å². The molecule has 1 fully saturated rings. The largest absolute Gasteiger partial charge is 0.790 e. The fourth-order valence-electron chi connectivity index (χ4n) is 4.59. The molecule has 3 heterocycles. The number of fused-ring (bicyclic) bond motifs is 1. The number of nitrogen functional groups attached to an aromatic ring is 1. The molecule has 0 saturated carbocycles. The lowest BCUT2D eigenvalue weighted by Gasteiger charge is -2.36. The smallest absolute Gasteiger partial charge is 0.310 e. The molecule has 2 aromatic rings. The van der Waals surface area contributed by atoms with Crippen LogP contribution in [0.3, 0.4) is 0 Å². The van der Waals surface area contributed by atoms with Crippen molar-refractivity contribution in [3.63, 3.8) is 0 Å². The predicted octanol–water partition coefficient (Wildman–Crippen LogP) is -4.35. The zero-order chi connectivity index (χ0) is 41.4. The van der Waals surface area contributed by atoms with Crippen molar-refractivity contribution in [1.29, 1.82) is 0 Å². The second-order valence-corrected chi connectivity index (χ2v) is 17.3. The summed E-state index contributed by atoms with van der Waals surface area (Å²) in [6.07, 6.45) is -8.34. The Morgan fingerprint density at radius 1 is 1.07 bits per heavy atom. The number of aliphatic hydroxyl groups is 2. The molecule has 310 valence electrons. The number of hydrogen-bond donors (Lipinski definition) is 6. The average Bonchev–Trinajstić information content (AvgIpc) is 3.62. The van der Waals surface area contributed by atoms with Crippen LogP contribution in [-0.4, -0.2) is 121 Å². The normalized spacial score (nSPS) is 21.7. The Morgan fingerprint density at radius 3 is 2.40 bits per heavy atom. The van der Waals surface area contributed by atoms with Crippen LogP contribution in [0.1, 0.15) is 32.9 Å². The Morgan fingerprint density at radius 2 is 1.75 bits per heavy atom. The van der Waals surface area contributed by atoms with Crippen LogP contribution < -0.4 is 35.9 Å². The van der Waals surface area contributed by atoms with Crippen LogP contribution in [0.2, 0.25) is 0 Å². The van der Waals surface area contributed by atoms with Gasteiger partial charge >= 0.3 is 5.97 Å². The van der Waals surface area contributed by atoms with Gasteiger partial charge in [-0.2, -0.15) is 11.8 Å². The fraction of sp³-hybridized carbons (Fsp3) is 0.640. The van der Waals surface area contributed by atoms with Crippen molar-refractivity contribution in [3.05, 3.63) is 12.7 Å². The van der Waals surface area contributed by atoms with Crippen LogP contribution in [0.25, 0.3) is 11.2 Å². The SMILES string of the molecule is CC(C)(COP(=O)([O-])OP(=O)([O-])OCC1OC(n2cnc3c(N)ncnc32)C(O)C1OP(=O)([O-])[O-])C(O)C(=O)NCCC(=O)NCCSCC(=O)CC(=O)O. The summed E-state index contributed by atoms with van der Waals surface area (Å²) in [5, 5.41) is 34.6. The molecular weight excluding hydrogens is 827 g/mol. The highest BCUT2D eigenvalue weighted by Gasteiger charge is 2.47. The van der Waals surface area contributed by atoms with Gasteiger partial charge in [-0.05, 0) is 0 Å². The summed E-state index contributed by atoms with van der Waals surface area (Å²) < 4.78 is 60.3. The van der Waals surface area contributed by atoms with Gasteiger partial charge in [0.25, 0.3) is 15.6 Å². The number of carboxylic acid groups (broad SMARTS) is 1. The van der Waals surface area contributed by atoms with Gasteiger partial charge in [0.2, 0.25) is 11.8 Å². The fourth-order valence-corrected chi connectivity index (χ4v) is 8.04. The maximum atomic E-state index is 12.5. The van der Waals surface area contributed by atoms with E-state index in [0.29, 0.717) is 5.75 Å². The van der Waals surface area contributed by atoms with Crippen LogP contribution in [0.15, 0.2) is 12.7 Å². The van der Waals surface area contributed by atoms with Crippen molar-refractivity contribution in [3.8, 4) is 0 Å². The first-order chi connectivity index (χ1) is 25.4. The number of phosphoric ester groups is 3. The highest BCUT2D eigenvalue weighted by Crippen LogP contribution is 2.56. The van der Waals surface area contributed by atoms with Gasteiger partial charge in [0.1, 0.15) is 42.7 Å². The summed E-state index contributed by atoms with van der Waals surface area (Å²) in [4.78, 5) is 106. The molecule has 1 aliphatic heterocycles. The summed E-state index contributed by atoms with van der Waals surface area (Å²) in [6, 6.07) is 0. The van der Waals surface area contributed by atoms with Gasteiger partial charge in [-0.15, -0.1) is 0 Å². The second kappa shape index (κ2) is 19.5. The van der Waals surface area contributed by atoms with Gasteiger partial charge in [-0.1, -0.05) is 13.8 Å². The van der Waals surface area contributed by atoms with E-state index in [1.807, 2.05) is 0 Å². The predicted molar refractivity (Wildman–Crippen MR) is 175 cm³/mol. The number of ketones is 1. The number of carbonyl (C=O) groups excluding carboxylic acids is 3. The third-order valence-corrected chi connectivity index (χ3v) is 11.3. The van der Waals surface area contributed by atoms with Crippen LogP contribution in [0, 0.1) is 5.41 Å². The summed E-state index contributed by atoms with van der Waals surface area (Å²) in [5.74, 6) is -3.12. The number of anilines is 1. The van der Waals surface area contributed by atoms with Crippen molar-refractivity contribution in [1.82, 2.24) is 30.2 Å². The number of nitrogens with two attached hydrogens (primary N) is 1. The molecule has 0 bridgehead atoms. The Kier molecular flexibility index (Phi) is 16.4. The summed E-state index contributed by atoms with van der Waals surface area (Å²) in [7, 11) is -17.6. The number of carboxylic acids is 1. The lowest BCUT2D eigenvalue weighted by Crippen LogP contribution is -2.46. The molecule has 2 aromatic heterocycles.